The molecule has 1 aliphatic rings. The first-order valence-corrected chi connectivity index (χ1v) is 8.58. The van der Waals surface area contributed by atoms with Crippen molar-refractivity contribution in [1.29, 1.82) is 0 Å². The van der Waals surface area contributed by atoms with Crippen molar-refractivity contribution in [3.8, 4) is 5.69 Å². The third kappa shape index (κ3) is 3.90. The predicted octanol–water partition coefficient (Wildman–Crippen LogP) is 2.93. The molecule has 1 amide bonds. The van der Waals surface area contributed by atoms with E-state index in [1.165, 1.54) is 0 Å². The fraction of sp³-hybridized carbons (Fsp3) is 0.444. The zero-order valence-corrected chi connectivity index (χ0v) is 14.4. The summed E-state index contributed by atoms with van der Waals surface area (Å²) in [5.74, 6) is -0.296. The number of rotatable bonds is 5. The molecule has 1 unspecified atom stereocenters. The number of amides is 1. The van der Waals surface area contributed by atoms with Crippen LogP contribution in [0.2, 0.25) is 0 Å². The molecule has 1 aliphatic heterocycles. The van der Waals surface area contributed by atoms with E-state index in [1.807, 2.05) is 0 Å². The molecule has 2 aromatic rings. The maximum Gasteiger partial charge on any atom is 0.434 e. The molecule has 1 aromatic heterocycles. The van der Waals surface area contributed by atoms with Gasteiger partial charge in [0.25, 0.3) is 5.91 Å². The van der Waals surface area contributed by atoms with Crippen molar-refractivity contribution in [2.24, 2.45) is 5.92 Å². The average molecular weight is 366 g/mol. The van der Waals surface area contributed by atoms with E-state index in [2.05, 4.69) is 15.7 Å². The van der Waals surface area contributed by atoms with Crippen molar-refractivity contribution < 1.29 is 18.0 Å². The Kier molecular flexibility index (Phi) is 5.31. The molecule has 2 N–H and O–H groups in total. The lowest BCUT2D eigenvalue weighted by Crippen LogP contribution is -2.28. The molecule has 0 spiro atoms. The summed E-state index contributed by atoms with van der Waals surface area (Å²) in [7, 11) is 0. The Balaban J connectivity index is 1.83. The average Bonchev–Trinajstić information content (AvgIpc) is 3.24. The molecule has 1 fully saturated rings. The first kappa shape index (κ1) is 18.4. The normalized spacial score (nSPS) is 17.5. The summed E-state index contributed by atoms with van der Waals surface area (Å²) in [6.45, 7) is 3.87. The zero-order chi connectivity index (χ0) is 18.7. The maximum absolute atomic E-state index is 13.6. The van der Waals surface area contributed by atoms with Gasteiger partial charge in [-0.05, 0) is 50.4 Å². The molecule has 140 valence electrons. The van der Waals surface area contributed by atoms with E-state index in [-0.39, 0.29) is 0 Å². The second-order valence-corrected chi connectivity index (χ2v) is 6.51. The number of carbonyl (C=O) groups is 1. The minimum atomic E-state index is -4.69. The Labute approximate surface area is 149 Å². The first-order valence-electron chi connectivity index (χ1n) is 8.58. The number of benzene rings is 1. The van der Waals surface area contributed by atoms with Gasteiger partial charge >= 0.3 is 6.18 Å². The molecule has 2 heterocycles. The van der Waals surface area contributed by atoms with Crippen LogP contribution >= 0.6 is 0 Å². The first-order chi connectivity index (χ1) is 12.4. The Morgan fingerprint density at radius 2 is 2.15 bits per heavy atom. The van der Waals surface area contributed by atoms with Gasteiger partial charge in [0.1, 0.15) is 0 Å². The van der Waals surface area contributed by atoms with Crippen molar-refractivity contribution in [3.05, 3.63) is 47.3 Å². The van der Waals surface area contributed by atoms with Crippen LogP contribution in [-0.4, -0.2) is 35.3 Å². The molecular formula is C18H21F3N4O. The Morgan fingerprint density at radius 1 is 1.38 bits per heavy atom. The van der Waals surface area contributed by atoms with Crippen LogP contribution in [-0.2, 0) is 6.18 Å². The van der Waals surface area contributed by atoms with E-state index in [4.69, 9.17) is 0 Å². The lowest BCUT2D eigenvalue weighted by Gasteiger charge is -2.14. The molecule has 1 atom stereocenters. The predicted molar refractivity (Wildman–Crippen MR) is 91.2 cm³/mol. The molecule has 8 heteroatoms. The van der Waals surface area contributed by atoms with Gasteiger partial charge in [-0.3, -0.25) is 4.79 Å². The quantitative estimate of drug-likeness (QED) is 0.855. The Hall–Kier alpha value is -2.35. The van der Waals surface area contributed by atoms with E-state index in [9.17, 15) is 18.0 Å². The lowest BCUT2D eigenvalue weighted by molar-refractivity contribution is -0.143. The second-order valence-electron chi connectivity index (χ2n) is 6.51. The van der Waals surface area contributed by atoms with Gasteiger partial charge in [0.2, 0.25) is 0 Å². The monoisotopic (exact) mass is 366 g/mol. The summed E-state index contributed by atoms with van der Waals surface area (Å²) in [6.07, 6.45) is -1.94. The third-order valence-electron chi connectivity index (χ3n) is 4.63. The summed E-state index contributed by atoms with van der Waals surface area (Å²) < 4.78 is 41.7. The number of carbonyl (C=O) groups excluding carboxylic acids is 1. The summed E-state index contributed by atoms with van der Waals surface area (Å²) in [6, 6.07) is 6.62. The molecule has 0 saturated carbocycles. The van der Waals surface area contributed by atoms with Gasteiger partial charge in [0.05, 0.1) is 17.4 Å². The van der Waals surface area contributed by atoms with Gasteiger partial charge in [0, 0.05) is 6.54 Å². The van der Waals surface area contributed by atoms with Crippen LogP contribution in [0.5, 0.6) is 0 Å². The van der Waals surface area contributed by atoms with Crippen molar-refractivity contribution in [3.63, 3.8) is 0 Å². The minimum Gasteiger partial charge on any atom is -0.352 e. The number of nitrogens with one attached hydrogen (secondary N) is 2. The van der Waals surface area contributed by atoms with Gasteiger partial charge in [-0.1, -0.05) is 18.2 Å². The standard InChI is InChI=1S/C18H21F3N4O/c1-12-4-2-3-5-15(12)25-16(18(19,20)21)14(11-24-25)17(26)23-9-7-13-6-8-22-10-13/h2-5,11,13,22H,6-10H2,1H3,(H,23,26). The van der Waals surface area contributed by atoms with E-state index in [0.29, 0.717) is 23.7 Å². The Bertz CT molecular complexity index is 779. The smallest absolute Gasteiger partial charge is 0.352 e. The van der Waals surface area contributed by atoms with E-state index >= 15 is 0 Å². The van der Waals surface area contributed by atoms with Gasteiger partial charge in [-0.15, -0.1) is 0 Å². The molecule has 0 aliphatic carbocycles. The summed E-state index contributed by atoms with van der Waals surface area (Å²) in [5.41, 5.74) is -0.560. The van der Waals surface area contributed by atoms with Crippen LogP contribution in [0.1, 0.15) is 34.5 Å². The maximum atomic E-state index is 13.6. The van der Waals surface area contributed by atoms with E-state index in [1.54, 1.807) is 31.2 Å². The Morgan fingerprint density at radius 3 is 2.81 bits per heavy atom. The van der Waals surface area contributed by atoms with Crippen LogP contribution in [0.15, 0.2) is 30.5 Å². The topological polar surface area (TPSA) is 59.0 Å². The van der Waals surface area contributed by atoms with Crippen LogP contribution < -0.4 is 10.6 Å². The van der Waals surface area contributed by atoms with Gasteiger partial charge in [-0.25, -0.2) is 4.68 Å². The van der Waals surface area contributed by atoms with Crippen molar-refractivity contribution in [2.45, 2.75) is 25.9 Å². The van der Waals surface area contributed by atoms with Crippen LogP contribution in [0.3, 0.4) is 0 Å². The molecule has 1 saturated heterocycles. The highest BCUT2D eigenvalue weighted by Gasteiger charge is 2.40. The molecule has 1 aromatic carbocycles. The highest BCUT2D eigenvalue weighted by Crippen LogP contribution is 2.34. The third-order valence-corrected chi connectivity index (χ3v) is 4.63. The van der Waals surface area contributed by atoms with Gasteiger partial charge in [0.15, 0.2) is 5.69 Å². The van der Waals surface area contributed by atoms with E-state index < -0.39 is 23.3 Å². The van der Waals surface area contributed by atoms with Crippen LogP contribution in [0, 0.1) is 12.8 Å². The number of aryl methyl sites for hydroxylation is 1. The minimum absolute atomic E-state index is 0.302. The summed E-state index contributed by atoms with van der Waals surface area (Å²) >= 11 is 0. The number of para-hydroxylation sites is 1. The molecule has 3 rings (SSSR count). The highest BCUT2D eigenvalue weighted by atomic mass is 19.4. The number of alkyl halides is 3. The summed E-state index contributed by atoms with van der Waals surface area (Å²) in [4.78, 5) is 12.3. The highest BCUT2D eigenvalue weighted by molar-refractivity contribution is 5.95. The number of halogens is 3. The van der Waals surface area contributed by atoms with Crippen molar-refractivity contribution in [2.75, 3.05) is 19.6 Å². The summed E-state index contributed by atoms with van der Waals surface area (Å²) in [5, 5.41) is 9.67. The van der Waals surface area contributed by atoms with Crippen molar-refractivity contribution >= 4 is 5.91 Å². The van der Waals surface area contributed by atoms with Gasteiger partial charge in [-0.2, -0.15) is 18.3 Å². The molecular weight excluding hydrogens is 345 g/mol. The molecule has 0 bridgehead atoms. The number of nitrogens with zero attached hydrogens (tertiary/aromatic N) is 2. The molecule has 0 radical (unpaired) electrons. The van der Waals surface area contributed by atoms with E-state index in [0.717, 1.165) is 36.8 Å². The van der Waals surface area contributed by atoms with Crippen molar-refractivity contribution in [1.82, 2.24) is 20.4 Å². The zero-order valence-electron chi connectivity index (χ0n) is 14.4. The second kappa shape index (κ2) is 7.49. The fourth-order valence-electron chi connectivity index (χ4n) is 3.22. The number of hydrogen-bond acceptors (Lipinski definition) is 3. The fourth-order valence-corrected chi connectivity index (χ4v) is 3.22. The largest absolute Gasteiger partial charge is 0.434 e. The molecule has 26 heavy (non-hydrogen) atoms. The van der Waals surface area contributed by atoms with Gasteiger partial charge < -0.3 is 10.6 Å². The number of aromatic nitrogens is 2. The lowest BCUT2D eigenvalue weighted by atomic mass is 10.1. The SMILES string of the molecule is Cc1ccccc1-n1ncc(C(=O)NCCC2CCNC2)c1C(F)(F)F. The number of hydrogen-bond donors (Lipinski definition) is 2. The van der Waals surface area contributed by atoms with Crippen LogP contribution in [0.25, 0.3) is 5.69 Å². The molecule has 5 nitrogen and oxygen atoms in total. The van der Waals surface area contributed by atoms with Crippen LogP contribution in [0.4, 0.5) is 13.2 Å².